The van der Waals surface area contributed by atoms with Gasteiger partial charge in [0.05, 0.1) is 19.0 Å². The SMILES string of the molecule is CC(O)C(C(=O)O)N1C=NCC1.[H-].[Na+]. The van der Waals surface area contributed by atoms with E-state index in [1.807, 2.05) is 0 Å². The van der Waals surface area contributed by atoms with Gasteiger partial charge in [-0.15, -0.1) is 0 Å². The van der Waals surface area contributed by atoms with Gasteiger partial charge in [0.1, 0.15) is 0 Å². The van der Waals surface area contributed by atoms with E-state index < -0.39 is 18.1 Å². The second-order valence-electron chi connectivity index (χ2n) is 2.78. The van der Waals surface area contributed by atoms with Crippen LogP contribution in [0.25, 0.3) is 0 Å². The van der Waals surface area contributed by atoms with Crippen LogP contribution in [-0.2, 0) is 4.79 Å². The predicted molar refractivity (Wildman–Crippen MR) is 44.3 cm³/mol. The van der Waals surface area contributed by atoms with Crippen molar-refractivity contribution in [3.05, 3.63) is 0 Å². The molecule has 0 saturated carbocycles. The van der Waals surface area contributed by atoms with Crippen molar-refractivity contribution >= 4 is 12.3 Å². The quantitative estimate of drug-likeness (QED) is 0.455. The van der Waals surface area contributed by atoms with Gasteiger partial charge in [0.15, 0.2) is 6.04 Å². The van der Waals surface area contributed by atoms with Crippen LogP contribution in [0, 0.1) is 0 Å². The van der Waals surface area contributed by atoms with Crippen LogP contribution in [0.4, 0.5) is 0 Å². The van der Waals surface area contributed by atoms with E-state index in [-0.39, 0.29) is 31.0 Å². The molecule has 2 N–H and O–H groups in total. The molecule has 0 aromatic heterocycles. The monoisotopic (exact) mass is 196 g/mol. The molecule has 1 rings (SSSR count). The van der Waals surface area contributed by atoms with Gasteiger partial charge in [-0.25, -0.2) is 4.79 Å². The van der Waals surface area contributed by atoms with Crippen LogP contribution in [0.5, 0.6) is 0 Å². The van der Waals surface area contributed by atoms with E-state index in [1.54, 1.807) is 0 Å². The third-order valence-electron chi connectivity index (χ3n) is 1.78. The Hall–Kier alpha value is -0.100. The third-order valence-corrected chi connectivity index (χ3v) is 1.78. The summed E-state index contributed by atoms with van der Waals surface area (Å²) in [6, 6.07) is -0.865. The van der Waals surface area contributed by atoms with E-state index in [0.717, 1.165) is 0 Å². The number of hydrogen-bond acceptors (Lipinski definition) is 4. The third kappa shape index (κ3) is 3.27. The Labute approximate surface area is 100 Å². The summed E-state index contributed by atoms with van der Waals surface area (Å²) >= 11 is 0. The average Bonchev–Trinajstić information content (AvgIpc) is 2.37. The number of carboxylic acid groups (broad SMARTS) is 1. The van der Waals surface area contributed by atoms with Crippen LogP contribution in [-0.4, -0.2) is 52.7 Å². The van der Waals surface area contributed by atoms with E-state index in [9.17, 15) is 4.79 Å². The van der Waals surface area contributed by atoms with Gasteiger partial charge in [-0.05, 0) is 6.92 Å². The maximum absolute atomic E-state index is 10.7. The smallest absolute Gasteiger partial charge is 1.00 e. The predicted octanol–water partition coefficient (Wildman–Crippen LogP) is -3.72. The molecular formula is C7H13N2NaO3. The second-order valence-corrected chi connectivity index (χ2v) is 2.78. The molecule has 0 fully saturated rings. The van der Waals surface area contributed by atoms with Crippen molar-refractivity contribution in [2.75, 3.05) is 13.1 Å². The standard InChI is InChI=1S/C7H12N2O3.Na.H/c1-5(10)6(7(11)12)9-3-2-8-4-9;;/h4-6,10H,2-3H2,1H3,(H,11,12);;/q;+1;-1. The zero-order chi connectivity index (χ0) is 9.14. The Morgan fingerprint density at radius 1 is 1.77 bits per heavy atom. The molecule has 0 aromatic rings. The van der Waals surface area contributed by atoms with Gasteiger partial charge in [-0.1, -0.05) is 0 Å². The van der Waals surface area contributed by atoms with Crippen molar-refractivity contribution in [2.45, 2.75) is 19.1 Å². The van der Waals surface area contributed by atoms with Gasteiger partial charge in [0.25, 0.3) is 0 Å². The van der Waals surface area contributed by atoms with Crippen molar-refractivity contribution in [1.82, 2.24) is 4.90 Å². The van der Waals surface area contributed by atoms with E-state index >= 15 is 0 Å². The number of hydrogen-bond donors (Lipinski definition) is 2. The van der Waals surface area contributed by atoms with Crippen LogP contribution in [0.1, 0.15) is 8.35 Å². The summed E-state index contributed by atoms with van der Waals surface area (Å²) in [5, 5.41) is 17.9. The minimum absolute atomic E-state index is 0. The molecule has 1 aliphatic heterocycles. The largest absolute Gasteiger partial charge is 1.00 e. The molecule has 5 nitrogen and oxygen atoms in total. The minimum Gasteiger partial charge on any atom is -1.00 e. The molecule has 13 heavy (non-hydrogen) atoms. The fourth-order valence-corrected chi connectivity index (χ4v) is 1.23. The van der Waals surface area contributed by atoms with E-state index in [1.165, 1.54) is 18.2 Å². The molecule has 0 spiro atoms. The summed E-state index contributed by atoms with van der Waals surface area (Å²) in [5.41, 5.74) is 0. The number of aliphatic carboxylic acids is 1. The first-order valence-corrected chi connectivity index (χ1v) is 3.79. The molecule has 6 heteroatoms. The first-order chi connectivity index (χ1) is 5.63. The number of rotatable bonds is 3. The number of aliphatic hydroxyl groups is 1. The molecule has 2 atom stereocenters. The van der Waals surface area contributed by atoms with Crippen molar-refractivity contribution < 1.29 is 46.0 Å². The number of aliphatic hydroxyl groups excluding tert-OH is 1. The van der Waals surface area contributed by atoms with E-state index in [4.69, 9.17) is 10.2 Å². The number of carboxylic acids is 1. The molecular weight excluding hydrogens is 183 g/mol. The Morgan fingerprint density at radius 3 is 2.69 bits per heavy atom. The van der Waals surface area contributed by atoms with Crippen molar-refractivity contribution in [2.24, 2.45) is 4.99 Å². The van der Waals surface area contributed by atoms with E-state index in [2.05, 4.69) is 4.99 Å². The topological polar surface area (TPSA) is 73.1 Å². The normalized spacial score (nSPS) is 19.4. The van der Waals surface area contributed by atoms with Gasteiger partial charge in [0.2, 0.25) is 0 Å². The molecule has 1 heterocycles. The number of nitrogens with zero attached hydrogens (tertiary/aromatic N) is 2. The van der Waals surface area contributed by atoms with Crippen LogP contribution >= 0.6 is 0 Å². The Morgan fingerprint density at radius 2 is 2.38 bits per heavy atom. The molecule has 0 saturated heterocycles. The van der Waals surface area contributed by atoms with Crippen LogP contribution in [0.3, 0.4) is 0 Å². The summed E-state index contributed by atoms with van der Waals surface area (Å²) in [4.78, 5) is 16.1. The van der Waals surface area contributed by atoms with Gasteiger partial charge >= 0.3 is 35.5 Å². The molecule has 2 unspecified atom stereocenters. The first kappa shape index (κ1) is 12.9. The Balaban J connectivity index is 0. The van der Waals surface area contributed by atoms with Crippen LogP contribution in [0.2, 0.25) is 0 Å². The fourth-order valence-electron chi connectivity index (χ4n) is 1.23. The number of aliphatic imine (C=N–C) groups is 1. The molecule has 0 bridgehead atoms. The fraction of sp³-hybridized carbons (Fsp3) is 0.714. The zero-order valence-electron chi connectivity index (χ0n) is 8.84. The first-order valence-electron chi connectivity index (χ1n) is 3.79. The van der Waals surface area contributed by atoms with Gasteiger partial charge in [-0.3, -0.25) is 4.99 Å². The summed E-state index contributed by atoms with van der Waals surface area (Å²) in [7, 11) is 0. The maximum atomic E-state index is 10.7. The second kappa shape index (κ2) is 5.59. The van der Waals surface area contributed by atoms with Crippen LogP contribution in [0.15, 0.2) is 4.99 Å². The molecule has 70 valence electrons. The van der Waals surface area contributed by atoms with Gasteiger partial charge in [-0.2, -0.15) is 0 Å². The summed E-state index contributed by atoms with van der Waals surface area (Å²) in [5.74, 6) is -1.02. The van der Waals surface area contributed by atoms with Gasteiger partial charge in [0, 0.05) is 6.54 Å². The summed E-state index contributed by atoms with van der Waals surface area (Å²) in [6.45, 7) is 2.64. The Kier molecular flexibility index (Phi) is 5.55. The maximum Gasteiger partial charge on any atom is 1.00 e. The van der Waals surface area contributed by atoms with Crippen molar-refractivity contribution in [3.63, 3.8) is 0 Å². The zero-order valence-corrected chi connectivity index (χ0v) is 9.84. The van der Waals surface area contributed by atoms with Crippen molar-refractivity contribution in [3.8, 4) is 0 Å². The molecule has 0 aromatic carbocycles. The van der Waals surface area contributed by atoms with Gasteiger partial charge < -0.3 is 16.5 Å². The summed E-state index contributed by atoms with van der Waals surface area (Å²) < 4.78 is 0. The molecule has 1 aliphatic rings. The van der Waals surface area contributed by atoms with Crippen LogP contribution < -0.4 is 29.6 Å². The summed E-state index contributed by atoms with van der Waals surface area (Å²) in [6.07, 6.45) is 0.595. The van der Waals surface area contributed by atoms with Crippen molar-refractivity contribution in [1.29, 1.82) is 0 Å². The average molecular weight is 196 g/mol. The number of carbonyl (C=O) groups is 1. The Bertz CT molecular complexity index is 213. The molecule has 0 amide bonds. The molecule has 0 aliphatic carbocycles. The van der Waals surface area contributed by atoms with E-state index in [0.29, 0.717) is 13.1 Å². The minimum atomic E-state index is -1.02. The molecule has 0 radical (unpaired) electrons.